The minimum Gasteiger partial charge on any atom is -0.474 e. The Balaban J connectivity index is 2.53. The Morgan fingerprint density at radius 2 is 1.83 bits per heavy atom. The second-order valence-electron chi connectivity index (χ2n) is 4.77. The molecule has 0 saturated carbocycles. The molecular weight excluding hydrogens is 298 g/mol. The largest absolute Gasteiger partial charge is 0.474 e. The molecule has 0 radical (unpaired) electrons. The van der Waals surface area contributed by atoms with Crippen molar-refractivity contribution in [2.24, 2.45) is 0 Å². The van der Waals surface area contributed by atoms with E-state index in [0.29, 0.717) is 6.42 Å². The zero-order valence-corrected chi connectivity index (χ0v) is 12.0. The molecule has 0 saturated heterocycles. The highest BCUT2D eigenvalue weighted by atomic mass is 79.9. The number of carbonyl (C=O) groups excluding carboxylic acids is 1. The smallest absolute Gasteiger partial charge is 0.394 e. The second-order valence-corrected chi connectivity index (χ2v) is 5.69. The molecule has 0 aliphatic rings. The van der Waals surface area contributed by atoms with E-state index in [2.05, 4.69) is 21.2 Å². The van der Waals surface area contributed by atoms with Gasteiger partial charge in [0, 0.05) is 10.0 Å². The fourth-order valence-corrected chi connectivity index (χ4v) is 1.80. The Hall–Kier alpha value is -1.36. The number of carboxylic acids is 1. The lowest BCUT2D eigenvalue weighted by Gasteiger charge is -2.25. The van der Waals surface area contributed by atoms with Gasteiger partial charge in [0.1, 0.15) is 0 Å². The molecule has 0 spiro atoms. The molecule has 0 aromatic heterocycles. The third-order valence-electron chi connectivity index (χ3n) is 2.60. The van der Waals surface area contributed by atoms with Crippen molar-refractivity contribution >= 4 is 27.8 Å². The van der Waals surface area contributed by atoms with E-state index in [4.69, 9.17) is 5.11 Å². The predicted molar refractivity (Wildman–Crippen MR) is 72.3 cm³/mol. The highest BCUT2D eigenvalue weighted by Crippen LogP contribution is 2.16. The van der Waals surface area contributed by atoms with Gasteiger partial charge in [0.2, 0.25) is 0 Å². The number of carbonyl (C=O) groups is 2. The SMILES string of the molecule is CC(C)(CCc1ccc(Br)cc1)NC(=O)C(=O)O. The van der Waals surface area contributed by atoms with E-state index in [1.807, 2.05) is 38.1 Å². The van der Waals surface area contributed by atoms with Gasteiger partial charge in [-0.15, -0.1) is 0 Å². The number of hydrogen-bond donors (Lipinski definition) is 2. The zero-order valence-electron chi connectivity index (χ0n) is 10.4. The monoisotopic (exact) mass is 313 g/mol. The molecule has 2 N–H and O–H groups in total. The van der Waals surface area contributed by atoms with E-state index >= 15 is 0 Å². The van der Waals surface area contributed by atoms with Gasteiger partial charge in [0.15, 0.2) is 0 Å². The first-order chi connectivity index (χ1) is 8.30. The summed E-state index contributed by atoms with van der Waals surface area (Å²) in [6, 6.07) is 7.91. The van der Waals surface area contributed by atoms with Crippen LogP contribution in [0.2, 0.25) is 0 Å². The van der Waals surface area contributed by atoms with Gasteiger partial charge in [-0.3, -0.25) is 4.79 Å². The first-order valence-electron chi connectivity index (χ1n) is 5.60. The standard InChI is InChI=1S/C13H16BrNO3/c1-13(2,15-11(16)12(17)18)8-7-9-3-5-10(14)6-4-9/h3-6H,7-8H2,1-2H3,(H,15,16)(H,17,18). The average Bonchev–Trinajstić information content (AvgIpc) is 2.27. The maximum absolute atomic E-state index is 11.1. The fraction of sp³-hybridized carbons (Fsp3) is 0.385. The van der Waals surface area contributed by atoms with Crippen LogP contribution in [0.5, 0.6) is 0 Å². The van der Waals surface area contributed by atoms with Crippen LogP contribution in [0.15, 0.2) is 28.7 Å². The lowest BCUT2D eigenvalue weighted by Crippen LogP contribution is -2.46. The molecule has 1 aromatic rings. The van der Waals surface area contributed by atoms with Crippen LogP contribution in [0, 0.1) is 0 Å². The molecule has 0 bridgehead atoms. The van der Waals surface area contributed by atoms with Gasteiger partial charge in [0.05, 0.1) is 0 Å². The van der Waals surface area contributed by atoms with E-state index in [0.717, 1.165) is 16.5 Å². The summed E-state index contributed by atoms with van der Waals surface area (Å²) in [6.45, 7) is 3.62. The van der Waals surface area contributed by atoms with Crippen molar-refractivity contribution in [1.29, 1.82) is 0 Å². The van der Waals surface area contributed by atoms with Crippen LogP contribution in [0.25, 0.3) is 0 Å². The first kappa shape index (κ1) is 14.7. The highest BCUT2D eigenvalue weighted by molar-refractivity contribution is 9.10. The van der Waals surface area contributed by atoms with E-state index in [-0.39, 0.29) is 0 Å². The maximum atomic E-state index is 11.1. The number of nitrogens with one attached hydrogen (secondary N) is 1. The topological polar surface area (TPSA) is 66.4 Å². The summed E-state index contributed by atoms with van der Waals surface area (Å²) in [5.74, 6) is -2.41. The molecule has 0 aliphatic heterocycles. The van der Waals surface area contributed by atoms with E-state index in [1.54, 1.807) is 0 Å². The van der Waals surface area contributed by atoms with Crippen molar-refractivity contribution in [3.8, 4) is 0 Å². The molecule has 0 heterocycles. The van der Waals surface area contributed by atoms with Gasteiger partial charge < -0.3 is 10.4 Å². The quantitative estimate of drug-likeness (QED) is 0.839. The molecule has 0 fully saturated rings. The molecule has 1 rings (SSSR count). The number of amides is 1. The number of halogens is 1. The van der Waals surface area contributed by atoms with Gasteiger partial charge in [-0.2, -0.15) is 0 Å². The summed E-state index contributed by atoms with van der Waals surface area (Å²) in [5.41, 5.74) is 0.610. The Bertz CT molecular complexity index is 440. The molecule has 98 valence electrons. The third kappa shape index (κ3) is 4.87. The number of aryl methyl sites for hydroxylation is 1. The number of benzene rings is 1. The van der Waals surface area contributed by atoms with Crippen molar-refractivity contribution in [3.05, 3.63) is 34.3 Å². The Kier molecular flexibility index (Phi) is 4.90. The van der Waals surface area contributed by atoms with Gasteiger partial charge in [-0.1, -0.05) is 28.1 Å². The molecule has 4 nitrogen and oxygen atoms in total. The summed E-state index contributed by atoms with van der Waals surface area (Å²) < 4.78 is 1.02. The minimum absolute atomic E-state index is 0.539. The first-order valence-corrected chi connectivity index (χ1v) is 6.39. The van der Waals surface area contributed by atoms with Crippen LogP contribution < -0.4 is 5.32 Å². The average molecular weight is 314 g/mol. The molecule has 0 aliphatic carbocycles. The van der Waals surface area contributed by atoms with Gasteiger partial charge >= 0.3 is 11.9 Å². The summed E-state index contributed by atoms with van der Waals surface area (Å²) >= 11 is 3.36. The Labute approximate surface area is 115 Å². The van der Waals surface area contributed by atoms with Crippen LogP contribution in [0.1, 0.15) is 25.8 Å². The van der Waals surface area contributed by atoms with Crippen LogP contribution in [-0.4, -0.2) is 22.5 Å². The lowest BCUT2D eigenvalue weighted by atomic mass is 9.95. The summed E-state index contributed by atoms with van der Waals surface area (Å²) in [4.78, 5) is 21.6. The molecule has 1 amide bonds. The van der Waals surface area contributed by atoms with Crippen LogP contribution in [-0.2, 0) is 16.0 Å². The van der Waals surface area contributed by atoms with E-state index in [1.165, 1.54) is 0 Å². The number of aliphatic carboxylic acids is 1. The Morgan fingerprint density at radius 1 is 1.28 bits per heavy atom. The molecule has 0 unspecified atom stereocenters. The van der Waals surface area contributed by atoms with Crippen molar-refractivity contribution < 1.29 is 14.7 Å². The van der Waals surface area contributed by atoms with Crippen LogP contribution in [0.3, 0.4) is 0 Å². The van der Waals surface area contributed by atoms with Crippen LogP contribution >= 0.6 is 15.9 Å². The zero-order chi connectivity index (χ0) is 13.8. The highest BCUT2D eigenvalue weighted by Gasteiger charge is 2.23. The van der Waals surface area contributed by atoms with Crippen LogP contribution in [0.4, 0.5) is 0 Å². The molecule has 1 aromatic carbocycles. The van der Waals surface area contributed by atoms with Gasteiger partial charge in [-0.25, -0.2) is 4.79 Å². The maximum Gasteiger partial charge on any atom is 0.394 e. The third-order valence-corrected chi connectivity index (χ3v) is 3.13. The molecule has 18 heavy (non-hydrogen) atoms. The van der Waals surface area contributed by atoms with Crippen molar-refractivity contribution in [2.45, 2.75) is 32.2 Å². The van der Waals surface area contributed by atoms with E-state index < -0.39 is 17.4 Å². The number of rotatable bonds is 4. The van der Waals surface area contributed by atoms with Crippen molar-refractivity contribution in [1.82, 2.24) is 5.32 Å². The van der Waals surface area contributed by atoms with Crippen molar-refractivity contribution in [2.75, 3.05) is 0 Å². The molecule has 5 heteroatoms. The summed E-state index contributed by atoms with van der Waals surface area (Å²) in [7, 11) is 0. The molecular formula is C13H16BrNO3. The lowest BCUT2D eigenvalue weighted by molar-refractivity contribution is -0.151. The number of carboxylic acid groups (broad SMARTS) is 1. The van der Waals surface area contributed by atoms with Crippen molar-refractivity contribution in [3.63, 3.8) is 0 Å². The predicted octanol–water partition coefficient (Wildman–Crippen LogP) is 2.36. The Morgan fingerprint density at radius 3 is 2.33 bits per heavy atom. The van der Waals surface area contributed by atoms with E-state index in [9.17, 15) is 9.59 Å². The second kappa shape index (κ2) is 6.00. The van der Waals surface area contributed by atoms with Gasteiger partial charge in [-0.05, 0) is 44.4 Å². The normalized spacial score (nSPS) is 11.1. The van der Waals surface area contributed by atoms with Gasteiger partial charge in [0.25, 0.3) is 0 Å². The minimum atomic E-state index is -1.45. The summed E-state index contributed by atoms with van der Waals surface area (Å²) in [6.07, 6.45) is 1.45. The molecule has 0 atom stereocenters. The summed E-state index contributed by atoms with van der Waals surface area (Å²) in [5, 5.41) is 11.0. The number of hydrogen-bond acceptors (Lipinski definition) is 2. The fourth-order valence-electron chi connectivity index (χ4n) is 1.53.